The zero-order valence-electron chi connectivity index (χ0n) is 16.7. The van der Waals surface area contributed by atoms with Crippen LogP contribution in [0.2, 0.25) is 5.02 Å². The number of para-hydroxylation sites is 1. The van der Waals surface area contributed by atoms with Gasteiger partial charge in [-0.25, -0.2) is 0 Å². The molecule has 0 radical (unpaired) electrons. The van der Waals surface area contributed by atoms with Crippen molar-refractivity contribution in [2.45, 2.75) is 36.9 Å². The zero-order valence-corrected chi connectivity index (χ0v) is 18.2. The van der Waals surface area contributed by atoms with E-state index in [4.69, 9.17) is 16.3 Å². The molecule has 3 fully saturated rings. The minimum atomic E-state index is -1.27. The highest BCUT2D eigenvalue weighted by Gasteiger charge is 2.70. The van der Waals surface area contributed by atoms with Crippen LogP contribution in [0.4, 0.5) is 5.69 Å². The molecule has 5 atom stereocenters. The van der Waals surface area contributed by atoms with E-state index in [2.05, 4.69) is 10.6 Å². The van der Waals surface area contributed by atoms with Crippen LogP contribution in [0.5, 0.6) is 0 Å². The van der Waals surface area contributed by atoms with Crippen LogP contribution in [0.15, 0.2) is 18.2 Å². The van der Waals surface area contributed by atoms with Crippen molar-refractivity contribution in [2.75, 3.05) is 30.5 Å². The van der Waals surface area contributed by atoms with Crippen LogP contribution in [0.3, 0.4) is 0 Å². The number of anilines is 1. The second-order valence-corrected chi connectivity index (χ2v) is 9.78. The van der Waals surface area contributed by atoms with Gasteiger partial charge in [0.1, 0.15) is 5.54 Å². The van der Waals surface area contributed by atoms with Gasteiger partial charge in [-0.1, -0.05) is 23.7 Å². The van der Waals surface area contributed by atoms with Gasteiger partial charge in [-0.3, -0.25) is 24.6 Å². The minimum Gasteiger partial charge on any atom is -0.376 e. The van der Waals surface area contributed by atoms with Crippen molar-refractivity contribution in [3.05, 3.63) is 28.8 Å². The molecule has 0 saturated carbocycles. The van der Waals surface area contributed by atoms with E-state index in [0.29, 0.717) is 29.3 Å². The van der Waals surface area contributed by atoms with E-state index in [0.717, 1.165) is 18.6 Å². The topological polar surface area (TPSA) is 87.7 Å². The molecule has 5 unspecified atom stereocenters. The Kier molecular flexibility index (Phi) is 5.08. The third-order valence-electron chi connectivity index (χ3n) is 6.83. The Morgan fingerprint density at radius 1 is 1.30 bits per heavy atom. The summed E-state index contributed by atoms with van der Waals surface area (Å²) in [7, 11) is 0. The number of hydrogen-bond donors (Lipinski definition) is 2. The van der Waals surface area contributed by atoms with Crippen LogP contribution in [-0.2, 0) is 24.7 Å². The minimum absolute atomic E-state index is 0.121. The van der Waals surface area contributed by atoms with Gasteiger partial charge in [-0.05, 0) is 37.3 Å². The van der Waals surface area contributed by atoms with E-state index in [1.807, 2.05) is 12.3 Å². The molecular formula is C21H24ClN3O4S. The molecule has 3 saturated heterocycles. The monoisotopic (exact) mass is 449 g/mol. The number of amides is 3. The number of nitrogens with zero attached hydrogens (tertiary/aromatic N) is 1. The summed E-state index contributed by atoms with van der Waals surface area (Å²) in [4.78, 5) is 41.7. The first kappa shape index (κ1) is 20.3. The summed E-state index contributed by atoms with van der Waals surface area (Å²) < 4.78 is 5.67. The predicted molar refractivity (Wildman–Crippen MR) is 114 cm³/mol. The number of thioether (sulfide) groups is 1. The van der Waals surface area contributed by atoms with Crippen molar-refractivity contribution in [3.63, 3.8) is 0 Å². The SMILES string of the molecule is CSCCC1NC2(C(=O)Nc3c(Cl)cccc32)C2C(=O)N(CC3CCCO3)C(=O)C12. The lowest BCUT2D eigenvalue weighted by Gasteiger charge is -2.30. The van der Waals surface area contributed by atoms with Gasteiger partial charge < -0.3 is 10.1 Å². The molecule has 4 aliphatic heterocycles. The largest absolute Gasteiger partial charge is 0.376 e. The quantitative estimate of drug-likeness (QED) is 0.668. The van der Waals surface area contributed by atoms with E-state index in [-0.39, 0.29) is 36.4 Å². The van der Waals surface area contributed by atoms with Crippen LogP contribution >= 0.6 is 23.4 Å². The summed E-state index contributed by atoms with van der Waals surface area (Å²) in [6.45, 7) is 0.921. The summed E-state index contributed by atoms with van der Waals surface area (Å²) in [6, 6.07) is 5.05. The first-order valence-corrected chi connectivity index (χ1v) is 12.1. The fourth-order valence-corrected chi connectivity index (χ4v) is 6.23. The highest BCUT2D eigenvalue weighted by atomic mass is 35.5. The van der Waals surface area contributed by atoms with Crippen LogP contribution in [-0.4, -0.2) is 59.9 Å². The van der Waals surface area contributed by atoms with Crippen molar-refractivity contribution >= 4 is 46.8 Å². The van der Waals surface area contributed by atoms with Gasteiger partial charge in [0, 0.05) is 18.2 Å². The van der Waals surface area contributed by atoms with Gasteiger partial charge >= 0.3 is 0 Å². The van der Waals surface area contributed by atoms with Gasteiger partial charge in [0.25, 0.3) is 0 Å². The number of rotatable bonds is 5. The first-order valence-electron chi connectivity index (χ1n) is 10.3. The van der Waals surface area contributed by atoms with E-state index in [1.54, 1.807) is 23.9 Å². The molecule has 2 N–H and O–H groups in total. The van der Waals surface area contributed by atoms with Crippen LogP contribution in [0.1, 0.15) is 24.8 Å². The first-order chi connectivity index (χ1) is 14.5. The van der Waals surface area contributed by atoms with E-state index < -0.39 is 17.4 Å². The Hall–Kier alpha value is -1.61. The van der Waals surface area contributed by atoms with Crippen LogP contribution in [0.25, 0.3) is 0 Å². The maximum atomic E-state index is 13.6. The number of carbonyl (C=O) groups excluding carboxylic acids is 3. The highest BCUT2D eigenvalue weighted by Crippen LogP contribution is 2.54. The third kappa shape index (κ3) is 2.77. The van der Waals surface area contributed by atoms with E-state index in [1.165, 1.54) is 4.90 Å². The molecule has 7 nitrogen and oxygen atoms in total. The molecule has 30 heavy (non-hydrogen) atoms. The number of hydrogen-bond acceptors (Lipinski definition) is 6. The number of benzene rings is 1. The van der Waals surface area contributed by atoms with E-state index in [9.17, 15) is 14.4 Å². The van der Waals surface area contributed by atoms with Crippen LogP contribution in [0, 0.1) is 11.8 Å². The maximum Gasteiger partial charge on any atom is 0.250 e. The normalized spacial score (nSPS) is 34.7. The molecular weight excluding hydrogens is 426 g/mol. The smallest absolute Gasteiger partial charge is 0.250 e. The second-order valence-electron chi connectivity index (χ2n) is 8.38. The molecule has 4 heterocycles. The number of imide groups is 1. The Balaban J connectivity index is 1.57. The Morgan fingerprint density at radius 2 is 2.13 bits per heavy atom. The lowest BCUT2D eigenvalue weighted by atomic mass is 9.76. The maximum absolute atomic E-state index is 13.6. The number of carbonyl (C=O) groups is 3. The molecule has 0 bridgehead atoms. The van der Waals surface area contributed by atoms with Crippen molar-refractivity contribution in [3.8, 4) is 0 Å². The van der Waals surface area contributed by atoms with Crippen molar-refractivity contribution in [1.82, 2.24) is 10.2 Å². The molecule has 5 rings (SSSR count). The standard InChI is InChI=1S/C21H24ClN3O4S/c1-30-9-7-14-15-16(19(27)25(18(15)26)10-11-4-3-8-29-11)21(24-14)12-5-2-6-13(22)17(12)23-20(21)28/h2,5-6,11,14-16,24H,3-4,7-10H2,1H3,(H,23,28). The molecule has 3 amide bonds. The van der Waals surface area contributed by atoms with Gasteiger partial charge in [0.2, 0.25) is 17.7 Å². The third-order valence-corrected chi connectivity index (χ3v) is 7.79. The number of nitrogens with one attached hydrogen (secondary N) is 2. The number of halogens is 1. The summed E-state index contributed by atoms with van der Waals surface area (Å²) in [5.41, 5.74) is -0.0908. The van der Waals surface area contributed by atoms with Gasteiger partial charge in [0.15, 0.2) is 0 Å². The van der Waals surface area contributed by atoms with Crippen molar-refractivity contribution in [1.29, 1.82) is 0 Å². The Bertz CT molecular complexity index is 922. The van der Waals surface area contributed by atoms with Crippen molar-refractivity contribution < 1.29 is 19.1 Å². The Morgan fingerprint density at radius 3 is 2.87 bits per heavy atom. The fourth-order valence-electron chi connectivity index (χ4n) is 5.52. The molecule has 1 spiro atoms. The fraction of sp³-hybridized carbons (Fsp3) is 0.571. The van der Waals surface area contributed by atoms with Gasteiger partial charge in [-0.2, -0.15) is 11.8 Å². The zero-order chi connectivity index (χ0) is 21.0. The highest BCUT2D eigenvalue weighted by molar-refractivity contribution is 7.98. The molecule has 1 aromatic carbocycles. The number of likely N-dealkylation sites (tertiary alicyclic amines) is 1. The summed E-state index contributed by atoms with van der Waals surface area (Å²) in [5, 5.41) is 6.72. The van der Waals surface area contributed by atoms with Crippen molar-refractivity contribution in [2.24, 2.45) is 11.8 Å². The van der Waals surface area contributed by atoms with Gasteiger partial charge in [0.05, 0.1) is 35.2 Å². The molecule has 0 aliphatic carbocycles. The second kappa shape index (κ2) is 7.51. The summed E-state index contributed by atoms with van der Waals surface area (Å²) in [6.07, 6.45) is 4.35. The molecule has 160 valence electrons. The number of fused-ring (bicyclic) bond motifs is 4. The van der Waals surface area contributed by atoms with Gasteiger partial charge in [-0.15, -0.1) is 0 Å². The average Bonchev–Trinajstić information content (AvgIpc) is 3.47. The summed E-state index contributed by atoms with van der Waals surface area (Å²) >= 11 is 8.02. The molecule has 4 aliphatic rings. The lowest BCUT2D eigenvalue weighted by Crippen LogP contribution is -2.53. The molecule has 9 heteroatoms. The van der Waals surface area contributed by atoms with E-state index >= 15 is 0 Å². The predicted octanol–water partition coefficient (Wildman–Crippen LogP) is 1.99. The average molecular weight is 450 g/mol. The summed E-state index contributed by atoms with van der Waals surface area (Å²) in [5.74, 6) is -1.32. The van der Waals surface area contributed by atoms with Crippen LogP contribution < -0.4 is 10.6 Å². The molecule has 1 aromatic rings. The lowest BCUT2D eigenvalue weighted by molar-refractivity contribution is -0.144. The number of ether oxygens (including phenoxy) is 1. The molecule has 0 aromatic heterocycles. The Labute approximate surface area is 184 Å².